The third-order valence-corrected chi connectivity index (χ3v) is 11.0. The Morgan fingerprint density at radius 3 is 2.42 bits per heavy atom. The van der Waals surface area contributed by atoms with Crippen molar-refractivity contribution >= 4 is 55.3 Å². The number of rotatable bonds is 7. The van der Waals surface area contributed by atoms with Crippen molar-refractivity contribution in [2.24, 2.45) is 0 Å². The third-order valence-electron chi connectivity index (χ3n) is 9.88. The molecular formula is C39H41F2N9O6S. The lowest BCUT2D eigenvalue weighted by Crippen LogP contribution is -2.56. The number of amides is 2. The molecule has 2 amide bonds. The van der Waals surface area contributed by atoms with Crippen LogP contribution in [-0.4, -0.2) is 84.8 Å². The van der Waals surface area contributed by atoms with Crippen molar-refractivity contribution in [1.82, 2.24) is 29.6 Å². The van der Waals surface area contributed by atoms with Crippen molar-refractivity contribution in [3.05, 3.63) is 53.0 Å². The zero-order valence-corrected chi connectivity index (χ0v) is 33.1. The number of nitriles is 1. The van der Waals surface area contributed by atoms with E-state index in [4.69, 9.17) is 23.9 Å². The number of anilines is 2. The minimum atomic E-state index is -0.839. The van der Waals surface area contributed by atoms with E-state index in [1.807, 2.05) is 20.8 Å². The fraction of sp³-hybridized carbons (Fsp3) is 0.462. The van der Waals surface area contributed by atoms with E-state index in [1.165, 1.54) is 0 Å². The first-order valence-electron chi connectivity index (χ1n) is 18.6. The summed E-state index contributed by atoms with van der Waals surface area (Å²) in [7, 11) is 0. The Labute approximate surface area is 330 Å². The van der Waals surface area contributed by atoms with E-state index in [2.05, 4.69) is 31.4 Å². The minimum absolute atomic E-state index is 0.000208. The number of carbonyl (C=O) groups excluding carboxylic acids is 2. The molecule has 298 valence electrons. The predicted octanol–water partition coefficient (Wildman–Crippen LogP) is 7.30. The zero-order chi connectivity index (χ0) is 40.4. The van der Waals surface area contributed by atoms with Crippen molar-refractivity contribution in [3.63, 3.8) is 0 Å². The van der Waals surface area contributed by atoms with Gasteiger partial charge in [-0.1, -0.05) is 0 Å². The molecule has 15 nitrogen and oxygen atoms in total. The SMILES string of the molecule is CC(C)(C)OC(=O)Nc1sc2c(F)cnc(-c3c4c(c5c(N6C7CCC6CN(C(=O)OC(C)(C)C)C7)nc(OCCn6cccn6)nc5c3F)COC4)c2c1C#N. The molecule has 2 saturated heterocycles. The maximum absolute atomic E-state index is 17.7. The van der Waals surface area contributed by atoms with Gasteiger partial charge in [0.1, 0.15) is 40.2 Å². The van der Waals surface area contributed by atoms with E-state index in [0.717, 1.165) is 30.4 Å². The van der Waals surface area contributed by atoms with E-state index in [1.54, 1.807) is 48.8 Å². The lowest BCUT2D eigenvalue weighted by Gasteiger charge is -2.42. The molecule has 3 aliphatic rings. The summed E-state index contributed by atoms with van der Waals surface area (Å²) >= 11 is 0.826. The van der Waals surface area contributed by atoms with Crippen molar-refractivity contribution in [2.75, 3.05) is 29.9 Å². The number of nitrogens with zero attached hydrogens (tertiary/aromatic N) is 8. The summed E-state index contributed by atoms with van der Waals surface area (Å²) in [5.74, 6) is -1.08. The topological polar surface area (TPSA) is 170 Å². The van der Waals surface area contributed by atoms with Crippen molar-refractivity contribution in [1.29, 1.82) is 5.26 Å². The van der Waals surface area contributed by atoms with Crippen LogP contribution in [0.3, 0.4) is 0 Å². The van der Waals surface area contributed by atoms with Crippen LogP contribution in [0, 0.1) is 23.0 Å². The summed E-state index contributed by atoms with van der Waals surface area (Å²) in [6.45, 7) is 11.9. The van der Waals surface area contributed by atoms with E-state index in [9.17, 15) is 14.9 Å². The molecule has 2 unspecified atom stereocenters. The van der Waals surface area contributed by atoms with Gasteiger partial charge in [0.25, 0.3) is 0 Å². The van der Waals surface area contributed by atoms with Gasteiger partial charge in [-0.15, -0.1) is 11.3 Å². The molecule has 3 aliphatic heterocycles. The molecule has 1 aromatic carbocycles. The molecule has 0 spiro atoms. The summed E-state index contributed by atoms with van der Waals surface area (Å²) in [6, 6.07) is 3.46. The molecule has 2 fully saturated rings. The predicted molar refractivity (Wildman–Crippen MR) is 206 cm³/mol. The van der Waals surface area contributed by atoms with Gasteiger partial charge in [-0.25, -0.2) is 18.4 Å². The molecule has 2 bridgehead atoms. The van der Waals surface area contributed by atoms with Crippen LogP contribution in [0.4, 0.5) is 29.2 Å². The van der Waals surface area contributed by atoms with Crippen molar-refractivity contribution in [3.8, 4) is 23.3 Å². The van der Waals surface area contributed by atoms with Gasteiger partial charge in [-0.3, -0.25) is 15.0 Å². The first-order valence-corrected chi connectivity index (χ1v) is 19.4. The number of aromatic nitrogens is 5. The Kier molecular flexibility index (Phi) is 9.63. The first-order chi connectivity index (χ1) is 27.1. The number of halogens is 2. The van der Waals surface area contributed by atoms with E-state index >= 15 is 8.78 Å². The lowest BCUT2D eigenvalue weighted by atomic mass is 9.93. The fourth-order valence-electron chi connectivity index (χ4n) is 7.73. The van der Waals surface area contributed by atoms with Gasteiger partial charge in [0, 0.05) is 48.5 Å². The number of fused-ring (bicyclic) bond motifs is 6. The Morgan fingerprint density at radius 2 is 1.75 bits per heavy atom. The van der Waals surface area contributed by atoms with Crippen LogP contribution in [0.15, 0.2) is 24.7 Å². The average Bonchev–Trinajstić information content (AvgIpc) is 3.94. The maximum Gasteiger partial charge on any atom is 0.412 e. The molecule has 0 radical (unpaired) electrons. The van der Waals surface area contributed by atoms with E-state index in [0.29, 0.717) is 42.0 Å². The monoisotopic (exact) mass is 801 g/mol. The van der Waals surface area contributed by atoms with Gasteiger partial charge in [0.15, 0.2) is 11.6 Å². The normalized spacial score (nSPS) is 17.9. The molecule has 57 heavy (non-hydrogen) atoms. The molecular weight excluding hydrogens is 761 g/mol. The van der Waals surface area contributed by atoms with Crippen molar-refractivity contribution in [2.45, 2.75) is 97.4 Å². The summed E-state index contributed by atoms with van der Waals surface area (Å²) < 4.78 is 58.1. The van der Waals surface area contributed by atoms with Crippen LogP contribution in [0.25, 0.3) is 32.2 Å². The average molecular weight is 802 g/mol. The van der Waals surface area contributed by atoms with Gasteiger partial charge >= 0.3 is 18.2 Å². The largest absolute Gasteiger partial charge is 0.461 e. The molecule has 8 rings (SSSR count). The van der Waals surface area contributed by atoms with Gasteiger partial charge in [-0.2, -0.15) is 20.3 Å². The molecule has 4 aromatic heterocycles. The Morgan fingerprint density at radius 1 is 1.04 bits per heavy atom. The molecule has 7 heterocycles. The second-order valence-electron chi connectivity index (χ2n) is 16.2. The lowest BCUT2D eigenvalue weighted by molar-refractivity contribution is 0.0209. The molecule has 5 aromatic rings. The quantitative estimate of drug-likeness (QED) is 0.175. The van der Waals surface area contributed by atoms with Crippen LogP contribution in [0.5, 0.6) is 6.01 Å². The van der Waals surface area contributed by atoms with Crippen LogP contribution in [0.1, 0.15) is 71.1 Å². The number of nitrogens with one attached hydrogen (secondary N) is 1. The number of likely N-dealkylation sites (tertiary alicyclic amines) is 1. The fourth-order valence-corrected chi connectivity index (χ4v) is 8.77. The van der Waals surface area contributed by atoms with Gasteiger partial charge < -0.3 is 28.7 Å². The number of piperazine rings is 1. The highest BCUT2D eigenvalue weighted by Gasteiger charge is 2.45. The summed E-state index contributed by atoms with van der Waals surface area (Å²) in [5, 5.41) is 17.7. The smallest absolute Gasteiger partial charge is 0.412 e. The number of hydrogen-bond donors (Lipinski definition) is 1. The summed E-state index contributed by atoms with van der Waals surface area (Å²) in [4.78, 5) is 43.8. The van der Waals surface area contributed by atoms with Crippen LogP contribution < -0.4 is 15.0 Å². The molecule has 1 N–H and O–H groups in total. The standard InChI is InChI=1S/C39H41F2N9O6S/c1-38(2,3)55-36(51)47-34-22(14-42)27-30(43-15-25(40)32(27)57-34)26-23-18-53-19-24(23)28-31(29(26)41)45-35(54-13-12-49-11-7-10-44-49)46-33(28)50-20-8-9-21(50)17-48(16-20)37(52)56-39(4,5)6/h7,10-11,15,20-21H,8-9,12-13,16-19H2,1-6H3,(H,47,51). The minimum Gasteiger partial charge on any atom is -0.461 e. The number of carbonyl (C=O) groups is 2. The third kappa shape index (κ3) is 7.25. The first kappa shape index (κ1) is 38.2. The van der Waals surface area contributed by atoms with Gasteiger partial charge in [0.2, 0.25) is 0 Å². The summed E-state index contributed by atoms with van der Waals surface area (Å²) in [6.07, 6.45) is 4.70. The molecule has 2 atom stereocenters. The van der Waals surface area contributed by atoms with E-state index < -0.39 is 35.0 Å². The number of ether oxygens (including phenoxy) is 4. The molecule has 18 heteroatoms. The molecule has 0 aliphatic carbocycles. The maximum atomic E-state index is 17.7. The number of benzene rings is 1. The number of hydrogen-bond acceptors (Lipinski definition) is 13. The van der Waals surface area contributed by atoms with E-state index in [-0.39, 0.29) is 75.3 Å². The van der Waals surface area contributed by atoms with Crippen molar-refractivity contribution < 1.29 is 37.3 Å². The Balaban J connectivity index is 1.28. The van der Waals surface area contributed by atoms with Crippen LogP contribution in [-0.2, 0) is 34.0 Å². The highest BCUT2D eigenvalue weighted by Crippen LogP contribution is 2.48. The highest BCUT2D eigenvalue weighted by molar-refractivity contribution is 7.23. The number of pyridine rings is 1. The second kappa shape index (κ2) is 14.4. The second-order valence-corrected chi connectivity index (χ2v) is 17.2. The van der Waals surface area contributed by atoms with Crippen LogP contribution >= 0.6 is 11.3 Å². The number of thiophene rings is 1. The molecule has 0 saturated carbocycles. The van der Waals surface area contributed by atoms with Crippen LogP contribution in [0.2, 0.25) is 0 Å². The highest BCUT2D eigenvalue weighted by atomic mass is 32.1. The zero-order valence-electron chi connectivity index (χ0n) is 32.3. The Bertz CT molecular complexity index is 2440. The van der Waals surface area contributed by atoms with Gasteiger partial charge in [0.05, 0.1) is 47.3 Å². The Hall–Kier alpha value is -5.67. The van der Waals surface area contributed by atoms with Gasteiger partial charge in [-0.05, 0) is 71.6 Å². The summed E-state index contributed by atoms with van der Waals surface area (Å²) in [5.41, 5.74) is -0.612.